The first-order valence-corrected chi connectivity index (χ1v) is 5.49. The van der Waals surface area contributed by atoms with E-state index in [1.807, 2.05) is 35.7 Å². The molecule has 1 amide bonds. The average Bonchev–Trinajstić information content (AvgIpc) is 2.98. The maximum Gasteiger partial charge on any atom is 0.276 e. The molecule has 0 atom stereocenters. The number of rotatable bonds is 2. The van der Waals surface area contributed by atoms with E-state index < -0.39 is 0 Å². The Kier molecular flexibility index (Phi) is 2.33. The van der Waals surface area contributed by atoms with E-state index in [0.29, 0.717) is 11.4 Å². The normalized spacial score (nSPS) is 10.7. The molecular weight excluding hydrogens is 230 g/mol. The van der Waals surface area contributed by atoms with E-state index in [2.05, 4.69) is 20.5 Å². The lowest BCUT2D eigenvalue weighted by Gasteiger charge is -1.99. The van der Waals surface area contributed by atoms with Crippen LogP contribution in [0.1, 0.15) is 16.3 Å². The van der Waals surface area contributed by atoms with E-state index in [9.17, 15) is 4.79 Å². The molecule has 2 N–H and O–H groups in total. The molecule has 6 nitrogen and oxygen atoms in total. The molecule has 6 heteroatoms. The molecule has 0 saturated heterocycles. The molecule has 3 rings (SSSR count). The van der Waals surface area contributed by atoms with E-state index in [1.54, 1.807) is 12.4 Å². The van der Waals surface area contributed by atoms with Crippen molar-refractivity contribution < 1.29 is 4.79 Å². The van der Waals surface area contributed by atoms with Crippen LogP contribution in [-0.2, 0) is 0 Å². The number of imidazole rings is 1. The maximum atomic E-state index is 12.1. The van der Waals surface area contributed by atoms with E-state index in [0.717, 1.165) is 11.3 Å². The van der Waals surface area contributed by atoms with Crippen LogP contribution in [0.5, 0.6) is 0 Å². The van der Waals surface area contributed by atoms with Crippen LogP contribution in [0, 0.1) is 6.92 Å². The Morgan fingerprint density at radius 2 is 2.33 bits per heavy atom. The van der Waals surface area contributed by atoms with Gasteiger partial charge in [0.1, 0.15) is 5.82 Å². The number of amides is 1. The highest BCUT2D eigenvalue weighted by atomic mass is 16.1. The zero-order valence-corrected chi connectivity index (χ0v) is 9.71. The Labute approximate surface area is 103 Å². The molecule has 0 bridgehead atoms. The number of pyridine rings is 1. The number of anilines is 1. The van der Waals surface area contributed by atoms with Crippen molar-refractivity contribution >= 4 is 17.1 Å². The highest BCUT2D eigenvalue weighted by molar-refractivity contribution is 6.07. The highest BCUT2D eigenvalue weighted by Gasteiger charge is 2.15. The van der Waals surface area contributed by atoms with Gasteiger partial charge in [-0.05, 0) is 19.1 Å². The van der Waals surface area contributed by atoms with E-state index in [-0.39, 0.29) is 5.91 Å². The third-order valence-electron chi connectivity index (χ3n) is 2.70. The van der Waals surface area contributed by atoms with Crippen molar-refractivity contribution in [2.75, 3.05) is 5.32 Å². The fraction of sp³-hybridized carbons (Fsp3) is 0.0833. The van der Waals surface area contributed by atoms with Gasteiger partial charge < -0.3 is 9.72 Å². The van der Waals surface area contributed by atoms with Crippen molar-refractivity contribution in [2.45, 2.75) is 6.92 Å². The molecule has 0 spiro atoms. The number of carbonyl (C=O) groups is 1. The lowest BCUT2D eigenvalue weighted by Crippen LogP contribution is -2.12. The summed E-state index contributed by atoms with van der Waals surface area (Å²) in [6.45, 7) is 1.86. The topological polar surface area (TPSA) is 75.1 Å². The van der Waals surface area contributed by atoms with Gasteiger partial charge in [-0.25, -0.2) is 4.98 Å². The number of hydrogen-bond acceptors (Lipinski definition) is 3. The van der Waals surface area contributed by atoms with Crippen molar-refractivity contribution in [3.63, 3.8) is 0 Å². The van der Waals surface area contributed by atoms with Gasteiger partial charge in [-0.2, -0.15) is 5.10 Å². The maximum absolute atomic E-state index is 12.1. The number of hydrogen-bond donors (Lipinski definition) is 2. The summed E-state index contributed by atoms with van der Waals surface area (Å²) >= 11 is 0. The van der Waals surface area contributed by atoms with Crippen LogP contribution < -0.4 is 5.32 Å². The van der Waals surface area contributed by atoms with Gasteiger partial charge in [0, 0.05) is 12.4 Å². The standard InChI is InChI=1S/C12H11N5O/c1-8-15-11(10-4-2-3-5-17(8)10)12(18)16-9-6-13-14-7-9/h2-7H,1H3,(H,13,14)(H,16,18). The molecule has 0 aliphatic rings. The molecule has 3 aromatic rings. The number of aromatic nitrogens is 4. The van der Waals surface area contributed by atoms with Crippen molar-refractivity contribution in [1.29, 1.82) is 0 Å². The minimum absolute atomic E-state index is 0.242. The van der Waals surface area contributed by atoms with Crippen molar-refractivity contribution in [2.24, 2.45) is 0 Å². The van der Waals surface area contributed by atoms with Gasteiger partial charge in [0.05, 0.1) is 17.4 Å². The first kappa shape index (κ1) is 10.5. The van der Waals surface area contributed by atoms with Crippen LogP contribution >= 0.6 is 0 Å². The molecule has 0 aliphatic heterocycles. The number of nitrogens with zero attached hydrogens (tertiary/aromatic N) is 3. The van der Waals surface area contributed by atoms with Crippen LogP contribution in [0.15, 0.2) is 36.8 Å². The first-order chi connectivity index (χ1) is 8.75. The fourth-order valence-corrected chi connectivity index (χ4v) is 1.87. The summed E-state index contributed by atoms with van der Waals surface area (Å²) in [6.07, 6.45) is 5.04. The van der Waals surface area contributed by atoms with E-state index in [4.69, 9.17) is 0 Å². The summed E-state index contributed by atoms with van der Waals surface area (Å²) in [4.78, 5) is 16.4. The number of aryl methyl sites for hydroxylation is 1. The summed E-state index contributed by atoms with van der Waals surface area (Å²) in [5.74, 6) is 0.538. The van der Waals surface area contributed by atoms with Crippen molar-refractivity contribution in [3.05, 3.63) is 48.3 Å². The summed E-state index contributed by atoms with van der Waals surface area (Å²) in [5, 5.41) is 9.14. The Hall–Kier alpha value is -2.63. The Morgan fingerprint density at radius 1 is 1.44 bits per heavy atom. The molecule has 0 aliphatic carbocycles. The van der Waals surface area contributed by atoms with Crippen LogP contribution in [0.3, 0.4) is 0 Å². The summed E-state index contributed by atoms with van der Waals surface area (Å²) in [6, 6.07) is 5.65. The van der Waals surface area contributed by atoms with Crippen molar-refractivity contribution in [3.8, 4) is 0 Å². The first-order valence-electron chi connectivity index (χ1n) is 5.49. The number of nitrogens with one attached hydrogen (secondary N) is 2. The quantitative estimate of drug-likeness (QED) is 0.715. The summed E-state index contributed by atoms with van der Waals surface area (Å²) in [7, 11) is 0. The second-order valence-corrected chi connectivity index (χ2v) is 3.90. The Balaban J connectivity index is 2.01. The van der Waals surface area contributed by atoms with Gasteiger partial charge in [0.15, 0.2) is 5.69 Å². The van der Waals surface area contributed by atoms with Gasteiger partial charge >= 0.3 is 0 Å². The lowest BCUT2D eigenvalue weighted by molar-refractivity contribution is 0.102. The Bertz CT molecular complexity index is 698. The molecular formula is C12H11N5O. The third kappa shape index (κ3) is 1.64. The predicted molar refractivity (Wildman–Crippen MR) is 66.5 cm³/mol. The zero-order valence-electron chi connectivity index (χ0n) is 9.71. The van der Waals surface area contributed by atoms with Gasteiger partial charge in [-0.3, -0.25) is 9.89 Å². The molecule has 90 valence electrons. The summed E-state index contributed by atoms with van der Waals surface area (Å²) < 4.78 is 1.88. The molecule has 3 aromatic heterocycles. The lowest BCUT2D eigenvalue weighted by atomic mass is 10.3. The fourth-order valence-electron chi connectivity index (χ4n) is 1.87. The van der Waals surface area contributed by atoms with Gasteiger partial charge in [-0.15, -0.1) is 0 Å². The van der Waals surface area contributed by atoms with Crippen LogP contribution in [0.25, 0.3) is 5.52 Å². The molecule has 0 aromatic carbocycles. The Morgan fingerprint density at radius 3 is 3.11 bits per heavy atom. The van der Waals surface area contributed by atoms with Crippen molar-refractivity contribution in [1.82, 2.24) is 19.6 Å². The molecule has 0 radical (unpaired) electrons. The number of H-pyrrole nitrogens is 1. The van der Waals surface area contributed by atoms with E-state index >= 15 is 0 Å². The number of aromatic amines is 1. The second kappa shape index (κ2) is 3.99. The van der Waals surface area contributed by atoms with Crippen LogP contribution in [-0.4, -0.2) is 25.5 Å². The van der Waals surface area contributed by atoms with Crippen LogP contribution in [0.2, 0.25) is 0 Å². The predicted octanol–water partition coefficient (Wildman–Crippen LogP) is 1.62. The monoisotopic (exact) mass is 241 g/mol. The molecule has 0 unspecified atom stereocenters. The molecule has 3 heterocycles. The minimum atomic E-state index is -0.242. The zero-order chi connectivity index (χ0) is 12.5. The minimum Gasteiger partial charge on any atom is -0.318 e. The smallest absolute Gasteiger partial charge is 0.276 e. The highest BCUT2D eigenvalue weighted by Crippen LogP contribution is 2.14. The van der Waals surface area contributed by atoms with Gasteiger partial charge in [0.2, 0.25) is 0 Å². The van der Waals surface area contributed by atoms with Gasteiger partial charge in [-0.1, -0.05) is 6.07 Å². The SMILES string of the molecule is Cc1nc(C(=O)Nc2cn[nH]c2)c2ccccn12. The van der Waals surface area contributed by atoms with Gasteiger partial charge in [0.25, 0.3) is 5.91 Å². The number of carbonyl (C=O) groups excluding carboxylic acids is 1. The largest absolute Gasteiger partial charge is 0.318 e. The second-order valence-electron chi connectivity index (χ2n) is 3.90. The molecule has 0 saturated carbocycles. The third-order valence-corrected chi connectivity index (χ3v) is 2.70. The average molecular weight is 241 g/mol. The number of fused-ring (bicyclic) bond motifs is 1. The molecule has 18 heavy (non-hydrogen) atoms. The van der Waals surface area contributed by atoms with Crippen LogP contribution in [0.4, 0.5) is 5.69 Å². The summed E-state index contributed by atoms with van der Waals surface area (Å²) in [5.41, 5.74) is 1.82. The van der Waals surface area contributed by atoms with E-state index in [1.165, 1.54) is 0 Å². The molecule has 0 fully saturated rings.